The SMILES string of the molecule is CC(=O)c1ccc2cc3ccccc3c(CN(CCCCCCN(Cc3ccc(C)cc3)Cc3ccccc3B(O)O)CC3=CCC(C)C=C3B(O)O)c2c1.CC(=O)c1ccc2cc3ccccc3c(CN(CCCCCCN(Cc3ccc(C)cc3)Cc3ccccc3B(O)O)Cc3ccccc3B(O)O)c2c1.CC(C)C(=O)NCCCCCCN(Cc1ccccc1B(O)O)Cc1ccc2ccc3cccc4ccc1c2c34. The van der Waals surface area contributed by atoms with Crippen molar-refractivity contribution in [2.45, 2.75) is 191 Å². The molecular formula is C125H143B5N6O13. The summed E-state index contributed by atoms with van der Waals surface area (Å²) in [5, 5.41) is 121. The minimum absolute atomic E-state index is 0.0219. The van der Waals surface area contributed by atoms with E-state index in [9.17, 15) is 64.6 Å². The Morgan fingerprint density at radius 1 is 0.315 bits per heavy atom. The van der Waals surface area contributed by atoms with E-state index in [1.54, 1.807) is 38.1 Å². The van der Waals surface area contributed by atoms with Crippen LogP contribution in [0.3, 0.4) is 0 Å². The molecule has 1 amide bonds. The van der Waals surface area contributed by atoms with Crippen molar-refractivity contribution in [3.8, 4) is 0 Å². The predicted molar refractivity (Wildman–Crippen MR) is 616 cm³/mol. The van der Waals surface area contributed by atoms with E-state index in [-0.39, 0.29) is 29.3 Å². The smallest absolute Gasteiger partial charge is 0.423 e. The third-order valence-corrected chi connectivity index (χ3v) is 29.4. The van der Waals surface area contributed by atoms with Crippen LogP contribution in [0, 0.1) is 25.7 Å². The molecule has 0 aromatic heterocycles. The van der Waals surface area contributed by atoms with Gasteiger partial charge in [-0.3, -0.25) is 38.9 Å². The summed E-state index contributed by atoms with van der Waals surface area (Å²) in [6, 6.07) is 100. The summed E-state index contributed by atoms with van der Waals surface area (Å²) in [5.41, 5.74) is 17.3. The Bertz CT molecular complexity index is 7230. The van der Waals surface area contributed by atoms with Gasteiger partial charge < -0.3 is 55.6 Å². The fraction of sp³-hybridized carbons (Fsp3) is 0.304. The van der Waals surface area contributed by atoms with E-state index in [2.05, 4.69) is 220 Å². The fourth-order valence-electron chi connectivity index (χ4n) is 21.2. The van der Waals surface area contributed by atoms with Crippen LogP contribution < -0.4 is 27.2 Å². The first-order chi connectivity index (χ1) is 72.1. The van der Waals surface area contributed by atoms with Crippen molar-refractivity contribution < 1.29 is 64.6 Å². The molecule has 1 aliphatic carbocycles. The van der Waals surface area contributed by atoms with Crippen LogP contribution in [0.15, 0.2) is 320 Å². The number of carbonyl (C=O) groups excluding carboxylic acids is 3. The van der Waals surface area contributed by atoms with Crippen molar-refractivity contribution in [1.82, 2.24) is 29.8 Å². The van der Waals surface area contributed by atoms with Crippen LogP contribution in [0.25, 0.3) is 75.4 Å². The molecule has 0 radical (unpaired) electrons. The van der Waals surface area contributed by atoms with Crippen molar-refractivity contribution in [2.24, 2.45) is 11.8 Å². The minimum atomic E-state index is -1.56. The molecule has 16 aromatic carbocycles. The molecule has 19 nitrogen and oxygen atoms in total. The first kappa shape index (κ1) is 111. The maximum Gasteiger partial charge on any atom is 0.488 e. The number of fused-ring (bicyclic) bond motifs is 4. The normalized spacial score (nSPS) is 12.7. The third kappa shape index (κ3) is 30.5. The van der Waals surface area contributed by atoms with Crippen molar-refractivity contribution in [3.63, 3.8) is 0 Å². The Morgan fingerprint density at radius 3 is 1.05 bits per heavy atom. The molecule has 1 unspecified atom stereocenters. The molecule has 149 heavy (non-hydrogen) atoms. The largest absolute Gasteiger partial charge is 0.488 e. The third-order valence-electron chi connectivity index (χ3n) is 29.4. The first-order valence-electron chi connectivity index (χ1n) is 53.2. The van der Waals surface area contributed by atoms with E-state index in [0.717, 1.165) is 219 Å². The van der Waals surface area contributed by atoms with Crippen LogP contribution in [-0.2, 0) is 63.7 Å². The summed E-state index contributed by atoms with van der Waals surface area (Å²) in [5.74, 6) is 0.455. The first-order valence-corrected chi connectivity index (χ1v) is 53.2. The molecule has 1 atom stereocenters. The standard InChI is InChI=1S/C46H54B2N2O5.C45H50B2N2O5.C34H39BN2O3/c1-33-16-19-36(20-17-33)29-49(30-40-13-7-9-15-45(40)47(52)53)24-10-4-5-11-25-50(31-41-21-18-34(2)26-46(41)48(54)55)32-44-42-14-8-6-12-38(42)27-39-23-22-37(35(3)51)28-43(39)44;1-33-19-21-35(22-20-33)29-48(30-39-14-6-9-17-44(39)46(51)52)25-11-3-4-12-26-49(31-40-15-7-10-18-45(40)47(53)54)32-43-41-16-8-5-13-37(41)27-38-24-23-36(34(2)50)28-42(38)43;1-24(2)34(38)36-20-7-3-4-8-21-37(23-29-10-5-6-13-31(29)35(39)40)22-28-17-16-27-15-14-25-11-9-12-26-18-19-30(28)33(27)32(25)26/h6-9,12-17,19-23,26-28,34,52-55H,4-5,10-11,18,24-25,29-32H2,1-3H3;5-10,13-24,27-28,51-54H,3-4,11-12,25-26,29-32H2,1-2H3;5-6,9-19,24,39-40H,3-4,7-8,20-23H2,1-2H3,(H,36,38). The highest BCUT2D eigenvalue weighted by atomic mass is 16.4. The van der Waals surface area contributed by atoms with Gasteiger partial charge in [-0.1, -0.05) is 356 Å². The number of benzene rings is 16. The van der Waals surface area contributed by atoms with E-state index < -0.39 is 35.6 Å². The Morgan fingerprint density at radius 2 is 0.651 bits per heavy atom. The second-order valence-corrected chi connectivity index (χ2v) is 41.2. The average Bonchev–Trinajstić information content (AvgIpc) is 0.739. The minimum Gasteiger partial charge on any atom is -0.423 e. The van der Waals surface area contributed by atoms with Crippen LogP contribution in [-0.4, -0.2) is 174 Å². The molecule has 0 saturated carbocycles. The van der Waals surface area contributed by atoms with Crippen LogP contribution >= 0.6 is 0 Å². The Balaban J connectivity index is 0.000000169. The molecule has 766 valence electrons. The van der Waals surface area contributed by atoms with Gasteiger partial charge in [0.05, 0.1) is 0 Å². The van der Waals surface area contributed by atoms with Gasteiger partial charge in [-0.15, -0.1) is 0 Å². The van der Waals surface area contributed by atoms with Crippen molar-refractivity contribution >= 4 is 150 Å². The van der Waals surface area contributed by atoms with Gasteiger partial charge in [0.15, 0.2) is 11.6 Å². The quantitative estimate of drug-likeness (QED) is 0.00556. The number of nitrogens with one attached hydrogen (secondary N) is 1. The highest BCUT2D eigenvalue weighted by Gasteiger charge is 2.29. The molecule has 0 aliphatic heterocycles. The van der Waals surface area contributed by atoms with Gasteiger partial charge in [0, 0.05) is 89.0 Å². The number of hydrogen-bond acceptors (Lipinski definition) is 18. The molecule has 0 bridgehead atoms. The number of aryl methyl sites for hydroxylation is 2. The summed E-state index contributed by atoms with van der Waals surface area (Å²) < 4.78 is 0. The number of carbonyl (C=O) groups is 3. The number of nitrogens with zero attached hydrogens (tertiary/aromatic N) is 5. The van der Waals surface area contributed by atoms with Gasteiger partial charge in [0.2, 0.25) is 5.91 Å². The number of Topliss-reactive ketones (excluding diaryl/α,β-unsaturated/α-hetero) is 2. The van der Waals surface area contributed by atoms with Gasteiger partial charge in [-0.2, -0.15) is 0 Å². The zero-order valence-corrected chi connectivity index (χ0v) is 87.4. The van der Waals surface area contributed by atoms with Crippen LogP contribution in [0.4, 0.5) is 0 Å². The highest BCUT2D eigenvalue weighted by molar-refractivity contribution is 6.60. The second kappa shape index (κ2) is 54.4. The van der Waals surface area contributed by atoms with Gasteiger partial charge in [-0.25, -0.2) is 0 Å². The number of amides is 1. The van der Waals surface area contributed by atoms with E-state index in [4.69, 9.17) is 0 Å². The molecule has 0 fully saturated rings. The number of unbranched alkanes of at least 4 members (excludes halogenated alkanes) is 9. The molecule has 0 heterocycles. The van der Waals surface area contributed by atoms with Gasteiger partial charge >= 0.3 is 35.6 Å². The van der Waals surface area contributed by atoms with E-state index >= 15 is 0 Å². The molecule has 16 aromatic rings. The number of allylic oxidation sites excluding steroid dienone is 2. The number of ketones is 2. The lowest BCUT2D eigenvalue weighted by Gasteiger charge is -2.28. The predicted octanol–water partition coefficient (Wildman–Crippen LogP) is 18.9. The maximum atomic E-state index is 12.5. The molecule has 24 heteroatoms. The van der Waals surface area contributed by atoms with Crippen LogP contribution in [0.1, 0.15) is 200 Å². The van der Waals surface area contributed by atoms with Crippen molar-refractivity contribution in [1.29, 1.82) is 0 Å². The van der Waals surface area contributed by atoms with Crippen LogP contribution in [0.2, 0.25) is 0 Å². The van der Waals surface area contributed by atoms with Crippen LogP contribution in [0.5, 0.6) is 0 Å². The molecule has 0 spiro atoms. The molecule has 11 N–H and O–H groups in total. The highest BCUT2D eigenvalue weighted by Crippen LogP contribution is 2.39. The summed E-state index contributed by atoms with van der Waals surface area (Å²) >= 11 is 0. The van der Waals surface area contributed by atoms with E-state index in [1.807, 2.05) is 129 Å². The monoisotopic (exact) mass is 1990 g/mol. The molecule has 17 rings (SSSR count). The summed E-state index contributed by atoms with van der Waals surface area (Å²) in [7, 11) is -7.60. The second-order valence-electron chi connectivity index (χ2n) is 41.2. The van der Waals surface area contributed by atoms with E-state index in [1.165, 1.54) is 65.7 Å². The fourth-order valence-corrected chi connectivity index (χ4v) is 21.2. The Hall–Kier alpha value is -12.4. The lowest BCUT2D eigenvalue weighted by Crippen LogP contribution is -2.36. The Labute approximate surface area is 880 Å². The van der Waals surface area contributed by atoms with Gasteiger partial charge in [-0.05, 0) is 294 Å². The van der Waals surface area contributed by atoms with Crippen molar-refractivity contribution in [3.05, 3.63) is 393 Å². The molecule has 1 aliphatic rings. The Kier molecular flexibility index (Phi) is 40.4. The molecular weight excluding hydrogens is 1850 g/mol. The summed E-state index contributed by atoms with van der Waals surface area (Å²) in [6.07, 6.45) is 17.3. The summed E-state index contributed by atoms with van der Waals surface area (Å²) in [6.45, 7) is 25.0. The summed E-state index contributed by atoms with van der Waals surface area (Å²) in [4.78, 5) is 48.8. The number of rotatable bonds is 49. The lowest BCUT2D eigenvalue weighted by molar-refractivity contribution is -0.124. The lowest BCUT2D eigenvalue weighted by atomic mass is 9.70. The number of hydrogen-bond donors (Lipinski definition) is 11. The molecule has 0 saturated heterocycles. The van der Waals surface area contributed by atoms with Gasteiger partial charge in [0.1, 0.15) is 0 Å². The van der Waals surface area contributed by atoms with E-state index in [0.29, 0.717) is 84.3 Å². The topological polar surface area (TPSA) is 282 Å². The zero-order chi connectivity index (χ0) is 105. The van der Waals surface area contributed by atoms with Crippen molar-refractivity contribution in [2.75, 3.05) is 45.8 Å². The zero-order valence-electron chi connectivity index (χ0n) is 87.4. The maximum absolute atomic E-state index is 12.5. The average molecular weight is 1990 g/mol. The van der Waals surface area contributed by atoms with Gasteiger partial charge in [0.25, 0.3) is 0 Å².